The van der Waals surface area contributed by atoms with Crippen molar-refractivity contribution in [3.05, 3.63) is 100 Å². The minimum absolute atomic E-state index is 0.00934. The van der Waals surface area contributed by atoms with Crippen LogP contribution in [0.15, 0.2) is 66.7 Å². The van der Waals surface area contributed by atoms with E-state index in [1.54, 1.807) is 11.8 Å². The first-order chi connectivity index (χ1) is 15.4. The summed E-state index contributed by atoms with van der Waals surface area (Å²) in [6, 6.07) is 22.0. The number of thioether (sulfide) groups is 1. The minimum atomic E-state index is -0.123. The third kappa shape index (κ3) is 4.89. The van der Waals surface area contributed by atoms with Gasteiger partial charge in [-0.15, -0.1) is 11.8 Å². The van der Waals surface area contributed by atoms with Gasteiger partial charge in [-0.2, -0.15) is 0 Å². The molecule has 164 valence electrons. The molecule has 1 heterocycles. The van der Waals surface area contributed by atoms with Crippen LogP contribution in [0, 0.1) is 20.8 Å². The van der Waals surface area contributed by atoms with Crippen molar-refractivity contribution in [1.29, 1.82) is 0 Å². The van der Waals surface area contributed by atoms with Crippen molar-refractivity contribution >= 4 is 29.3 Å². The fourth-order valence-electron chi connectivity index (χ4n) is 4.23. The molecule has 3 aromatic carbocycles. The van der Waals surface area contributed by atoms with Gasteiger partial charge >= 0.3 is 0 Å². The molecule has 1 saturated heterocycles. The van der Waals surface area contributed by atoms with Gasteiger partial charge in [-0.1, -0.05) is 60.2 Å². The van der Waals surface area contributed by atoms with Crippen LogP contribution in [0.3, 0.4) is 0 Å². The fourth-order valence-corrected chi connectivity index (χ4v) is 5.45. The monoisotopic (exact) mass is 444 g/mol. The van der Waals surface area contributed by atoms with Crippen molar-refractivity contribution in [1.82, 2.24) is 4.90 Å². The van der Waals surface area contributed by atoms with Gasteiger partial charge < -0.3 is 10.2 Å². The number of hydrogen-bond donors (Lipinski definition) is 1. The molecule has 5 heteroatoms. The van der Waals surface area contributed by atoms with Crippen LogP contribution in [0.25, 0.3) is 0 Å². The highest BCUT2D eigenvalue weighted by Crippen LogP contribution is 2.38. The second-order valence-electron chi connectivity index (χ2n) is 8.34. The lowest BCUT2D eigenvalue weighted by Gasteiger charge is -2.24. The zero-order valence-electron chi connectivity index (χ0n) is 18.7. The molecule has 3 aromatic rings. The number of benzene rings is 3. The molecule has 4 rings (SSSR count). The predicted octanol–water partition coefficient (Wildman–Crippen LogP) is 5.68. The lowest BCUT2D eigenvalue weighted by atomic mass is 10.0. The first kappa shape index (κ1) is 22.2. The summed E-state index contributed by atoms with van der Waals surface area (Å²) in [6.45, 7) is 6.77. The number of aryl methyl sites for hydroxylation is 3. The number of nitrogens with one attached hydrogen (secondary N) is 1. The number of amides is 2. The zero-order chi connectivity index (χ0) is 22.7. The van der Waals surface area contributed by atoms with Gasteiger partial charge in [0.15, 0.2) is 0 Å². The van der Waals surface area contributed by atoms with Crippen LogP contribution < -0.4 is 5.32 Å². The topological polar surface area (TPSA) is 49.4 Å². The van der Waals surface area contributed by atoms with Crippen LogP contribution in [0.5, 0.6) is 0 Å². The molecule has 1 atom stereocenters. The maximum Gasteiger partial charge on any atom is 0.255 e. The summed E-state index contributed by atoms with van der Waals surface area (Å²) < 4.78 is 0. The number of carbonyl (C=O) groups is 2. The summed E-state index contributed by atoms with van der Waals surface area (Å²) >= 11 is 1.64. The summed E-state index contributed by atoms with van der Waals surface area (Å²) in [5.74, 6) is 0.541. The molecule has 0 saturated carbocycles. The Hall–Kier alpha value is -3.05. The Bertz CT molecular complexity index is 1100. The number of rotatable bonds is 6. The van der Waals surface area contributed by atoms with E-state index in [0.29, 0.717) is 17.9 Å². The lowest BCUT2D eigenvalue weighted by Crippen LogP contribution is -2.30. The number of carbonyl (C=O) groups excluding carboxylic acids is 2. The Morgan fingerprint density at radius 2 is 1.66 bits per heavy atom. The van der Waals surface area contributed by atoms with Gasteiger partial charge in [0.25, 0.3) is 5.91 Å². The molecule has 1 N–H and O–H groups in total. The molecule has 0 spiro atoms. The summed E-state index contributed by atoms with van der Waals surface area (Å²) in [4.78, 5) is 27.3. The highest BCUT2D eigenvalue weighted by Gasteiger charge is 2.32. The third-order valence-electron chi connectivity index (χ3n) is 5.83. The van der Waals surface area contributed by atoms with Gasteiger partial charge in [-0.25, -0.2) is 0 Å². The smallest absolute Gasteiger partial charge is 0.255 e. The lowest BCUT2D eigenvalue weighted by molar-refractivity contribution is -0.128. The van der Waals surface area contributed by atoms with E-state index < -0.39 is 0 Å². The number of anilines is 1. The van der Waals surface area contributed by atoms with E-state index in [9.17, 15) is 9.59 Å². The SMILES string of the molecule is Cc1cc(C)c(NC(=O)c2ccc([C@H]3SCC(=O)N3CCc3ccccc3)cc2)c(C)c1. The maximum absolute atomic E-state index is 12.8. The van der Waals surface area contributed by atoms with E-state index in [1.807, 2.05) is 61.2 Å². The zero-order valence-corrected chi connectivity index (χ0v) is 19.5. The van der Waals surface area contributed by atoms with Gasteiger partial charge in [0.1, 0.15) is 5.37 Å². The second kappa shape index (κ2) is 9.61. The van der Waals surface area contributed by atoms with E-state index in [1.165, 1.54) is 11.1 Å². The molecule has 1 aliphatic rings. The Balaban J connectivity index is 1.45. The highest BCUT2D eigenvalue weighted by atomic mass is 32.2. The molecule has 0 bridgehead atoms. The molecule has 0 unspecified atom stereocenters. The molecule has 4 nitrogen and oxygen atoms in total. The van der Waals surface area contributed by atoms with Crippen LogP contribution >= 0.6 is 11.8 Å². The average Bonchev–Trinajstić information content (AvgIpc) is 3.15. The molecular formula is C27H28N2O2S. The van der Waals surface area contributed by atoms with Crippen LogP contribution in [0.1, 0.15) is 43.5 Å². The molecule has 1 fully saturated rings. The molecule has 2 amide bonds. The van der Waals surface area contributed by atoms with Gasteiger partial charge in [-0.3, -0.25) is 9.59 Å². The van der Waals surface area contributed by atoms with E-state index >= 15 is 0 Å². The Labute approximate surface area is 194 Å². The molecule has 32 heavy (non-hydrogen) atoms. The second-order valence-corrected chi connectivity index (χ2v) is 9.40. The summed E-state index contributed by atoms with van der Waals surface area (Å²) in [6.07, 6.45) is 0.833. The maximum atomic E-state index is 12.8. The van der Waals surface area contributed by atoms with Gasteiger partial charge in [-0.05, 0) is 61.6 Å². The van der Waals surface area contributed by atoms with E-state index in [2.05, 4.69) is 36.5 Å². The Morgan fingerprint density at radius 1 is 1.00 bits per heavy atom. The van der Waals surface area contributed by atoms with E-state index in [0.717, 1.165) is 28.8 Å². The van der Waals surface area contributed by atoms with Gasteiger partial charge in [0.2, 0.25) is 5.91 Å². The highest BCUT2D eigenvalue weighted by molar-refractivity contribution is 8.00. The van der Waals surface area contributed by atoms with Gasteiger partial charge in [0.05, 0.1) is 5.75 Å². The predicted molar refractivity (Wildman–Crippen MR) is 132 cm³/mol. The normalized spacial score (nSPS) is 15.8. The third-order valence-corrected chi connectivity index (χ3v) is 7.08. The molecule has 0 radical (unpaired) electrons. The molecular weight excluding hydrogens is 416 g/mol. The Kier molecular flexibility index (Phi) is 6.66. The van der Waals surface area contributed by atoms with Crippen LogP contribution in [0.4, 0.5) is 5.69 Å². The van der Waals surface area contributed by atoms with Crippen molar-refractivity contribution in [2.24, 2.45) is 0 Å². The van der Waals surface area contributed by atoms with Crippen molar-refractivity contribution in [3.8, 4) is 0 Å². The van der Waals surface area contributed by atoms with Crippen LogP contribution in [-0.4, -0.2) is 29.0 Å². The van der Waals surface area contributed by atoms with Crippen LogP contribution in [0.2, 0.25) is 0 Å². The average molecular weight is 445 g/mol. The first-order valence-electron chi connectivity index (χ1n) is 10.9. The van der Waals surface area contributed by atoms with E-state index in [4.69, 9.17) is 0 Å². The fraction of sp³-hybridized carbons (Fsp3) is 0.259. The van der Waals surface area contributed by atoms with Crippen molar-refractivity contribution < 1.29 is 9.59 Å². The summed E-state index contributed by atoms with van der Waals surface area (Å²) in [7, 11) is 0. The minimum Gasteiger partial charge on any atom is -0.326 e. The number of hydrogen-bond acceptors (Lipinski definition) is 3. The van der Waals surface area contributed by atoms with Crippen molar-refractivity contribution in [2.45, 2.75) is 32.6 Å². The van der Waals surface area contributed by atoms with Gasteiger partial charge in [0, 0.05) is 17.8 Å². The largest absolute Gasteiger partial charge is 0.326 e. The van der Waals surface area contributed by atoms with Crippen molar-refractivity contribution in [2.75, 3.05) is 17.6 Å². The quantitative estimate of drug-likeness (QED) is 0.532. The Morgan fingerprint density at radius 3 is 2.31 bits per heavy atom. The molecule has 1 aliphatic heterocycles. The van der Waals surface area contributed by atoms with E-state index in [-0.39, 0.29) is 17.2 Å². The van der Waals surface area contributed by atoms with Crippen molar-refractivity contribution in [3.63, 3.8) is 0 Å². The number of nitrogens with zero attached hydrogens (tertiary/aromatic N) is 1. The first-order valence-corrected chi connectivity index (χ1v) is 11.9. The summed E-state index contributed by atoms with van der Waals surface area (Å²) in [5, 5.41) is 3.05. The molecule has 0 aliphatic carbocycles. The molecule has 0 aromatic heterocycles. The van der Waals surface area contributed by atoms with Crippen LogP contribution in [-0.2, 0) is 11.2 Å². The summed E-state index contributed by atoms with van der Waals surface area (Å²) in [5.41, 5.74) is 7.05. The standard InChI is InChI=1S/C27H28N2O2S/c1-18-15-19(2)25(20(3)16-18)28-26(31)22-9-11-23(12-10-22)27-29(24(30)17-32-27)14-13-21-7-5-4-6-8-21/h4-12,15-16,27H,13-14,17H2,1-3H3,(H,28,31)/t27-/m1/s1.